The van der Waals surface area contributed by atoms with E-state index in [1.807, 2.05) is 0 Å². The number of nitrogens with one attached hydrogen (secondary N) is 1. The van der Waals surface area contributed by atoms with Crippen LogP contribution in [0.3, 0.4) is 0 Å². The van der Waals surface area contributed by atoms with Crippen LogP contribution in [0.15, 0.2) is 63.2 Å². The molecule has 162 valence electrons. The first-order valence-corrected chi connectivity index (χ1v) is 9.70. The summed E-state index contributed by atoms with van der Waals surface area (Å²) in [6.07, 6.45) is 0. The van der Waals surface area contributed by atoms with Crippen molar-refractivity contribution in [2.24, 2.45) is 19.2 Å². The van der Waals surface area contributed by atoms with Gasteiger partial charge in [-0.3, -0.25) is 14.4 Å². The predicted octanol–water partition coefficient (Wildman–Crippen LogP) is 1.96. The molecule has 3 N–H and O–H groups in total. The number of aryl methyl sites for hydroxylation is 2. The molecule has 2 aromatic carbocycles. The number of hydrogen-bond acceptors (Lipinski definition) is 6. The number of aromatic hydroxyl groups is 2. The molecule has 0 saturated heterocycles. The summed E-state index contributed by atoms with van der Waals surface area (Å²) in [4.78, 5) is 38.2. The fraction of sp³-hybridized carbons (Fsp3) is 0.130. The Balaban J connectivity index is 1.78. The molecular formula is C23H20N4O5. The number of pyridine rings is 2. The minimum Gasteiger partial charge on any atom is -0.506 e. The number of fused-ring (bicyclic) bond motifs is 2. The van der Waals surface area contributed by atoms with E-state index in [9.17, 15) is 24.6 Å². The average molecular weight is 432 g/mol. The summed E-state index contributed by atoms with van der Waals surface area (Å²) < 4.78 is 2.63. The molecule has 2 heterocycles. The van der Waals surface area contributed by atoms with Crippen molar-refractivity contribution < 1.29 is 15.0 Å². The zero-order chi connectivity index (χ0) is 23.2. The molecule has 0 atom stereocenters. The molecule has 0 spiro atoms. The maximum atomic E-state index is 12.8. The van der Waals surface area contributed by atoms with Crippen LogP contribution in [-0.2, 0) is 14.1 Å². The number of hydrogen-bond donors (Lipinski definition) is 3. The molecule has 4 rings (SSSR count). The second kappa shape index (κ2) is 7.69. The maximum Gasteiger partial charge on any atom is 0.280 e. The molecule has 0 aliphatic heterocycles. The van der Waals surface area contributed by atoms with E-state index in [1.165, 1.54) is 23.1 Å². The Hall–Kier alpha value is -4.40. The van der Waals surface area contributed by atoms with Crippen LogP contribution in [-0.4, -0.2) is 31.0 Å². The summed E-state index contributed by atoms with van der Waals surface area (Å²) in [5, 5.41) is 25.9. The Morgan fingerprint density at radius 3 is 1.78 bits per heavy atom. The van der Waals surface area contributed by atoms with Crippen LogP contribution in [0.1, 0.15) is 22.8 Å². The van der Waals surface area contributed by atoms with Crippen molar-refractivity contribution in [1.82, 2.24) is 14.6 Å². The average Bonchev–Trinajstić information content (AvgIpc) is 2.80. The molecule has 2 aromatic heterocycles. The van der Waals surface area contributed by atoms with Crippen molar-refractivity contribution in [1.29, 1.82) is 0 Å². The highest BCUT2D eigenvalue weighted by Crippen LogP contribution is 2.27. The molecule has 0 fully saturated rings. The number of benzene rings is 2. The van der Waals surface area contributed by atoms with Gasteiger partial charge in [-0.25, -0.2) is 5.43 Å². The zero-order valence-corrected chi connectivity index (χ0v) is 17.6. The van der Waals surface area contributed by atoms with Crippen LogP contribution >= 0.6 is 0 Å². The number of rotatable bonds is 3. The second-order valence-corrected chi connectivity index (χ2v) is 7.35. The number of hydrazone groups is 1. The van der Waals surface area contributed by atoms with Crippen molar-refractivity contribution in [2.45, 2.75) is 6.92 Å². The largest absolute Gasteiger partial charge is 0.506 e. The lowest BCUT2D eigenvalue weighted by atomic mass is 10.1. The molecule has 0 aliphatic carbocycles. The van der Waals surface area contributed by atoms with Gasteiger partial charge in [0.2, 0.25) is 0 Å². The van der Waals surface area contributed by atoms with E-state index >= 15 is 0 Å². The third-order valence-corrected chi connectivity index (χ3v) is 5.47. The predicted molar refractivity (Wildman–Crippen MR) is 121 cm³/mol. The highest BCUT2D eigenvalue weighted by Gasteiger charge is 2.22. The minimum atomic E-state index is -0.940. The smallest absolute Gasteiger partial charge is 0.280 e. The topological polar surface area (TPSA) is 126 Å². The van der Waals surface area contributed by atoms with Gasteiger partial charge in [0.15, 0.2) is 0 Å². The van der Waals surface area contributed by atoms with E-state index in [2.05, 4.69) is 10.5 Å². The molecule has 9 heteroatoms. The maximum absolute atomic E-state index is 12.8. The lowest BCUT2D eigenvalue weighted by Gasteiger charge is -2.12. The SMILES string of the molecule is CC(=NNC(=O)c1c(O)c2ccccc2n(C)c1=O)c1c(O)c2ccccc2n(C)c1=O. The number of para-hydroxylation sites is 2. The molecule has 0 unspecified atom stereocenters. The fourth-order valence-corrected chi connectivity index (χ4v) is 3.74. The molecule has 0 bridgehead atoms. The van der Waals surface area contributed by atoms with Crippen LogP contribution in [0, 0.1) is 0 Å². The van der Waals surface area contributed by atoms with Crippen LogP contribution < -0.4 is 16.5 Å². The summed E-state index contributed by atoms with van der Waals surface area (Å²) >= 11 is 0. The van der Waals surface area contributed by atoms with Crippen LogP contribution in [0.2, 0.25) is 0 Å². The molecule has 9 nitrogen and oxygen atoms in total. The molecule has 0 radical (unpaired) electrons. The number of carbonyl (C=O) groups is 1. The Morgan fingerprint density at radius 2 is 1.25 bits per heavy atom. The number of amides is 1. The first-order valence-electron chi connectivity index (χ1n) is 9.70. The third kappa shape index (κ3) is 3.11. The van der Waals surface area contributed by atoms with Gasteiger partial charge in [0.1, 0.15) is 22.6 Å². The van der Waals surface area contributed by atoms with Gasteiger partial charge in [-0.1, -0.05) is 24.3 Å². The Labute approximate surface area is 181 Å². The Morgan fingerprint density at radius 1 is 0.812 bits per heavy atom. The summed E-state index contributed by atoms with van der Waals surface area (Å²) in [5.74, 6) is -1.66. The molecule has 4 aromatic rings. The standard InChI is InChI=1S/C23H20N4O5/c1-12(17-19(28)13-8-4-6-10-15(13)26(2)22(17)31)24-25-21(30)18-20(29)14-9-5-7-11-16(14)27(3)23(18)32/h4-11,28-29H,1-3H3,(H,25,30). The van der Waals surface area contributed by atoms with Crippen LogP contribution in [0.4, 0.5) is 0 Å². The summed E-state index contributed by atoms with van der Waals surface area (Å²) in [6.45, 7) is 1.45. The van der Waals surface area contributed by atoms with Crippen molar-refractivity contribution in [3.8, 4) is 11.5 Å². The number of carbonyl (C=O) groups excluding carboxylic acids is 1. The highest BCUT2D eigenvalue weighted by molar-refractivity contribution is 6.07. The lowest BCUT2D eigenvalue weighted by Crippen LogP contribution is -2.31. The third-order valence-electron chi connectivity index (χ3n) is 5.47. The van der Waals surface area contributed by atoms with Gasteiger partial charge in [0.05, 0.1) is 16.7 Å². The minimum absolute atomic E-state index is 0.0410. The van der Waals surface area contributed by atoms with Crippen molar-refractivity contribution in [2.75, 3.05) is 0 Å². The second-order valence-electron chi connectivity index (χ2n) is 7.35. The molecule has 32 heavy (non-hydrogen) atoms. The van der Waals surface area contributed by atoms with E-state index in [1.54, 1.807) is 55.6 Å². The van der Waals surface area contributed by atoms with Crippen LogP contribution in [0.25, 0.3) is 21.8 Å². The lowest BCUT2D eigenvalue weighted by molar-refractivity contribution is 0.0950. The van der Waals surface area contributed by atoms with Gasteiger partial charge in [0, 0.05) is 24.9 Å². The van der Waals surface area contributed by atoms with Crippen molar-refractivity contribution >= 4 is 33.4 Å². The number of aromatic nitrogens is 2. The molecular weight excluding hydrogens is 412 g/mol. The molecule has 0 saturated carbocycles. The summed E-state index contributed by atoms with van der Waals surface area (Å²) in [7, 11) is 3.06. The van der Waals surface area contributed by atoms with Gasteiger partial charge >= 0.3 is 0 Å². The van der Waals surface area contributed by atoms with Gasteiger partial charge < -0.3 is 19.3 Å². The van der Waals surface area contributed by atoms with Gasteiger partial charge in [-0.15, -0.1) is 0 Å². The van der Waals surface area contributed by atoms with E-state index in [0.717, 1.165) is 0 Å². The highest BCUT2D eigenvalue weighted by atomic mass is 16.3. The molecule has 0 aliphatic rings. The summed E-state index contributed by atoms with van der Waals surface area (Å²) in [6, 6.07) is 13.5. The Kier molecular flexibility index (Phi) is 5.01. The normalized spacial score (nSPS) is 11.8. The fourth-order valence-electron chi connectivity index (χ4n) is 3.74. The first kappa shape index (κ1) is 20.9. The first-order chi connectivity index (χ1) is 15.2. The molecule has 1 amide bonds. The van der Waals surface area contributed by atoms with E-state index in [0.29, 0.717) is 21.8 Å². The quantitative estimate of drug-likeness (QED) is 0.337. The van der Waals surface area contributed by atoms with Crippen LogP contribution in [0.5, 0.6) is 11.5 Å². The van der Waals surface area contributed by atoms with Gasteiger partial charge in [-0.05, 0) is 31.2 Å². The Bertz CT molecular complexity index is 1560. The van der Waals surface area contributed by atoms with E-state index < -0.39 is 28.3 Å². The van der Waals surface area contributed by atoms with Gasteiger partial charge in [-0.2, -0.15) is 5.10 Å². The van der Waals surface area contributed by atoms with E-state index in [4.69, 9.17) is 0 Å². The van der Waals surface area contributed by atoms with Crippen molar-refractivity contribution in [3.63, 3.8) is 0 Å². The summed E-state index contributed by atoms with van der Waals surface area (Å²) in [5.41, 5.74) is 1.51. The van der Waals surface area contributed by atoms with Gasteiger partial charge in [0.25, 0.3) is 17.0 Å². The zero-order valence-electron chi connectivity index (χ0n) is 17.6. The monoisotopic (exact) mass is 432 g/mol. The van der Waals surface area contributed by atoms with Crippen molar-refractivity contribution in [3.05, 3.63) is 80.4 Å². The van der Waals surface area contributed by atoms with E-state index in [-0.39, 0.29) is 17.0 Å². The number of nitrogens with zero attached hydrogens (tertiary/aromatic N) is 3.